The summed E-state index contributed by atoms with van der Waals surface area (Å²) in [7, 11) is 0. The second-order valence-electron chi connectivity index (χ2n) is 3.44. The minimum Gasteiger partial charge on any atom is -0.408 e. The highest BCUT2D eigenvalue weighted by Gasteiger charge is 2.11. The van der Waals surface area contributed by atoms with Crippen molar-refractivity contribution < 1.29 is 4.42 Å². The van der Waals surface area contributed by atoms with Gasteiger partial charge in [0.2, 0.25) is 0 Å². The van der Waals surface area contributed by atoms with Crippen molar-refractivity contribution in [2.75, 3.05) is 0 Å². The first kappa shape index (κ1) is 9.52. The fourth-order valence-electron chi connectivity index (χ4n) is 1.50. The molecule has 0 aliphatic rings. The molecule has 0 aliphatic heterocycles. The van der Waals surface area contributed by atoms with Crippen LogP contribution in [0.5, 0.6) is 0 Å². The molecule has 2 aromatic rings. The Morgan fingerprint density at radius 2 is 2.14 bits per heavy atom. The average Bonchev–Trinajstić information content (AvgIpc) is 2.39. The van der Waals surface area contributed by atoms with Gasteiger partial charge in [0, 0.05) is 10.5 Å². The van der Waals surface area contributed by atoms with Crippen molar-refractivity contribution in [3.63, 3.8) is 0 Å². The molecule has 0 atom stereocenters. The third-order valence-corrected chi connectivity index (χ3v) is 2.59. The lowest BCUT2D eigenvalue weighted by molar-refractivity contribution is 0.478. The van der Waals surface area contributed by atoms with Gasteiger partial charge in [-0.25, -0.2) is 4.79 Å². The van der Waals surface area contributed by atoms with Crippen molar-refractivity contribution in [1.82, 2.24) is 4.57 Å². The van der Waals surface area contributed by atoms with E-state index in [-0.39, 0.29) is 11.8 Å². The van der Waals surface area contributed by atoms with Crippen molar-refractivity contribution in [1.29, 1.82) is 0 Å². The quantitative estimate of drug-likeness (QED) is 0.786. The molecule has 0 bridgehead atoms. The van der Waals surface area contributed by atoms with E-state index in [1.165, 1.54) is 0 Å². The highest BCUT2D eigenvalue weighted by molar-refractivity contribution is 9.10. The van der Waals surface area contributed by atoms with E-state index in [1.54, 1.807) is 10.6 Å². The SMILES string of the molecule is CC(C)n1c(=O)oc2cc(Br)ccc21. The molecule has 14 heavy (non-hydrogen) atoms. The Morgan fingerprint density at radius 3 is 2.79 bits per heavy atom. The smallest absolute Gasteiger partial charge is 0.408 e. The number of aromatic nitrogens is 1. The number of benzene rings is 1. The molecule has 0 aliphatic carbocycles. The maximum Gasteiger partial charge on any atom is 0.420 e. The molecule has 0 unspecified atom stereocenters. The molecule has 3 nitrogen and oxygen atoms in total. The van der Waals surface area contributed by atoms with E-state index in [2.05, 4.69) is 15.9 Å². The van der Waals surface area contributed by atoms with Crippen LogP contribution in [0.3, 0.4) is 0 Å². The van der Waals surface area contributed by atoms with Gasteiger partial charge in [-0.05, 0) is 32.0 Å². The number of rotatable bonds is 1. The van der Waals surface area contributed by atoms with Gasteiger partial charge in [0.15, 0.2) is 5.58 Å². The largest absolute Gasteiger partial charge is 0.420 e. The van der Waals surface area contributed by atoms with Crippen LogP contribution in [0.25, 0.3) is 11.1 Å². The van der Waals surface area contributed by atoms with Crippen LogP contribution in [-0.2, 0) is 0 Å². The summed E-state index contributed by atoms with van der Waals surface area (Å²) in [4.78, 5) is 11.5. The molecule has 0 amide bonds. The summed E-state index contributed by atoms with van der Waals surface area (Å²) in [6, 6.07) is 5.70. The Labute approximate surface area is 89.5 Å². The van der Waals surface area contributed by atoms with E-state index in [9.17, 15) is 4.79 Å². The summed E-state index contributed by atoms with van der Waals surface area (Å²) < 4.78 is 7.67. The first-order valence-electron chi connectivity index (χ1n) is 4.40. The number of nitrogens with zero attached hydrogens (tertiary/aromatic N) is 1. The second-order valence-corrected chi connectivity index (χ2v) is 4.36. The maximum absolute atomic E-state index is 11.5. The van der Waals surface area contributed by atoms with Crippen molar-refractivity contribution in [2.24, 2.45) is 0 Å². The topological polar surface area (TPSA) is 35.1 Å². The van der Waals surface area contributed by atoms with E-state index in [0.29, 0.717) is 5.58 Å². The first-order chi connectivity index (χ1) is 6.59. The van der Waals surface area contributed by atoms with Crippen molar-refractivity contribution in [3.8, 4) is 0 Å². The number of fused-ring (bicyclic) bond motifs is 1. The molecule has 0 N–H and O–H groups in total. The number of hydrogen-bond acceptors (Lipinski definition) is 2. The summed E-state index contributed by atoms with van der Waals surface area (Å²) in [5, 5.41) is 0. The molecule has 4 heteroatoms. The van der Waals surface area contributed by atoms with Crippen LogP contribution in [0.15, 0.2) is 31.9 Å². The van der Waals surface area contributed by atoms with Crippen LogP contribution in [0.2, 0.25) is 0 Å². The molecule has 0 saturated heterocycles. The Hall–Kier alpha value is -1.03. The van der Waals surface area contributed by atoms with Crippen LogP contribution in [0.1, 0.15) is 19.9 Å². The zero-order chi connectivity index (χ0) is 10.3. The van der Waals surface area contributed by atoms with Crippen LogP contribution >= 0.6 is 15.9 Å². The number of oxazole rings is 1. The van der Waals surface area contributed by atoms with E-state index in [1.807, 2.05) is 26.0 Å². The van der Waals surface area contributed by atoms with Crippen LogP contribution < -0.4 is 5.76 Å². The van der Waals surface area contributed by atoms with E-state index in [0.717, 1.165) is 9.99 Å². The lowest BCUT2D eigenvalue weighted by Crippen LogP contribution is -2.15. The van der Waals surface area contributed by atoms with E-state index >= 15 is 0 Å². The second kappa shape index (κ2) is 3.28. The van der Waals surface area contributed by atoms with Crippen molar-refractivity contribution in [2.45, 2.75) is 19.9 Å². The number of hydrogen-bond donors (Lipinski definition) is 0. The van der Waals surface area contributed by atoms with Gasteiger partial charge < -0.3 is 4.42 Å². The standard InChI is InChI=1S/C10H10BrNO2/c1-6(2)12-8-4-3-7(11)5-9(8)14-10(12)13/h3-6H,1-2H3. The monoisotopic (exact) mass is 255 g/mol. The molecule has 0 fully saturated rings. The first-order valence-corrected chi connectivity index (χ1v) is 5.19. The Balaban J connectivity index is 2.84. The van der Waals surface area contributed by atoms with Gasteiger partial charge in [-0.15, -0.1) is 0 Å². The fourth-order valence-corrected chi connectivity index (χ4v) is 1.84. The van der Waals surface area contributed by atoms with Crippen LogP contribution in [0, 0.1) is 0 Å². The summed E-state index contributed by atoms with van der Waals surface area (Å²) in [6.45, 7) is 3.91. The third kappa shape index (κ3) is 1.39. The van der Waals surface area contributed by atoms with Gasteiger partial charge in [0.25, 0.3) is 0 Å². The highest BCUT2D eigenvalue weighted by Crippen LogP contribution is 2.20. The molecule has 2 rings (SSSR count). The molecular formula is C10H10BrNO2. The average molecular weight is 256 g/mol. The summed E-state index contributed by atoms with van der Waals surface area (Å²) in [5.41, 5.74) is 1.46. The molecule has 0 radical (unpaired) electrons. The fraction of sp³-hybridized carbons (Fsp3) is 0.300. The molecule has 1 aromatic carbocycles. The molecule has 1 heterocycles. The third-order valence-electron chi connectivity index (χ3n) is 2.09. The lowest BCUT2D eigenvalue weighted by atomic mass is 10.3. The van der Waals surface area contributed by atoms with Crippen molar-refractivity contribution in [3.05, 3.63) is 33.2 Å². The normalized spacial score (nSPS) is 11.4. The van der Waals surface area contributed by atoms with Gasteiger partial charge >= 0.3 is 5.76 Å². The summed E-state index contributed by atoms with van der Waals surface area (Å²) in [6.07, 6.45) is 0. The molecule has 0 spiro atoms. The summed E-state index contributed by atoms with van der Waals surface area (Å²) >= 11 is 3.33. The predicted molar refractivity (Wildman–Crippen MR) is 58.6 cm³/mol. The Kier molecular flexibility index (Phi) is 2.23. The molecular weight excluding hydrogens is 246 g/mol. The van der Waals surface area contributed by atoms with Crippen molar-refractivity contribution >= 4 is 27.0 Å². The van der Waals surface area contributed by atoms with E-state index in [4.69, 9.17) is 4.42 Å². The van der Waals surface area contributed by atoms with Gasteiger partial charge in [-0.1, -0.05) is 15.9 Å². The highest BCUT2D eigenvalue weighted by atomic mass is 79.9. The van der Waals surface area contributed by atoms with Gasteiger partial charge in [-0.3, -0.25) is 4.57 Å². The predicted octanol–water partition coefficient (Wildman–Crippen LogP) is 2.94. The van der Waals surface area contributed by atoms with Crippen LogP contribution in [-0.4, -0.2) is 4.57 Å². The zero-order valence-corrected chi connectivity index (χ0v) is 9.54. The zero-order valence-electron chi connectivity index (χ0n) is 7.95. The molecule has 1 aromatic heterocycles. The number of halogens is 1. The molecule has 0 saturated carbocycles. The van der Waals surface area contributed by atoms with E-state index < -0.39 is 0 Å². The summed E-state index contributed by atoms with van der Waals surface area (Å²) in [5.74, 6) is -0.298. The van der Waals surface area contributed by atoms with Gasteiger partial charge in [-0.2, -0.15) is 0 Å². The van der Waals surface area contributed by atoms with Gasteiger partial charge in [0.05, 0.1) is 5.52 Å². The van der Waals surface area contributed by atoms with Gasteiger partial charge in [0.1, 0.15) is 0 Å². The maximum atomic E-state index is 11.5. The Morgan fingerprint density at radius 1 is 1.43 bits per heavy atom. The minimum atomic E-state index is -0.298. The molecule has 74 valence electrons. The minimum absolute atomic E-state index is 0.116. The van der Waals surface area contributed by atoms with Crippen LogP contribution in [0.4, 0.5) is 0 Å². The Bertz CT molecular complexity index is 524. The lowest BCUT2D eigenvalue weighted by Gasteiger charge is -2.04.